The molecule has 4 nitrogen and oxygen atoms in total. The first-order valence-corrected chi connectivity index (χ1v) is 5.18. The Hall–Kier alpha value is -1.89. The molecular formula is C12H15N3O. The van der Waals surface area contributed by atoms with Gasteiger partial charge in [0.15, 0.2) is 0 Å². The van der Waals surface area contributed by atoms with Gasteiger partial charge in [-0.2, -0.15) is 5.26 Å². The van der Waals surface area contributed by atoms with Gasteiger partial charge in [-0.1, -0.05) is 19.9 Å². The molecule has 0 saturated heterocycles. The van der Waals surface area contributed by atoms with Gasteiger partial charge in [0.25, 0.3) is 0 Å². The number of pyridine rings is 1. The second kappa shape index (κ2) is 5.26. The Morgan fingerprint density at radius 1 is 1.56 bits per heavy atom. The van der Waals surface area contributed by atoms with Crippen LogP contribution in [-0.4, -0.2) is 10.9 Å². The number of aromatic nitrogens is 1. The Morgan fingerprint density at radius 3 is 2.75 bits per heavy atom. The predicted octanol–water partition coefficient (Wildman–Crippen LogP) is 2.12. The van der Waals surface area contributed by atoms with Crippen LogP contribution in [-0.2, 0) is 4.79 Å². The van der Waals surface area contributed by atoms with E-state index in [1.807, 2.05) is 32.9 Å². The Bertz CT molecular complexity index is 421. The summed E-state index contributed by atoms with van der Waals surface area (Å²) < 4.78 is 0. The number of carbonyl (C=O) groups excluding carboxylic acids is 1. The number of nitriles is 1. The first kappa shape index (κ1) is 12.2. The van der Waals surface area contributed by atoms with Crippen molar-refractivity contribution in [3.63, 3.8) is 0 Å². The molecule has 0 bridgehead atoms. The number of carbonyl (C=O) groups is 1. The van der Waals surface area contributed by atoms with Gasteiger partial charge < -0.3 is 5.32 Å². The number of rotatable bonds is 3. The summed E-state index contributed by atoms with van der Waals surface area (Å²) >= 11 is 0. The second-order valence-corrected chi connectivity index (χ2v) is 4.01. The highest BCUT2D eigenvalue weighted by molar-refractivity contribution is 5.93. The minimum absolute atomic E-state index is 0.00554. The van der Waals surface area contributed by atoms with Crippen LogP contribution < -0.4 is 5.32 Å². The van der Waals surface area contributed by atoms with E-state index in [1.165, 1.54) is 0 Å². The molecule has 0 aliphatic rings. The van der Waals surface area contributed by atoms with Crippen LogP contribution in [0.3, 0.4) is 0 Å². The van der Waals surface area contributed by atoms with Crippen molar-refractivity contribution in [3.8, 4) is 6.07 Å². The standard InChI is InChI=1S/C12H15N3O/c1-8(2)10(7-13)12(16)15-11-9(3)5-4-6-14-11/h4-6,8,10H,1-3H3,(H,14,15,16). The molecule has 1 rings (SSSR count). The molecule has 1 heterocycles. The third kappa shape index (κ3) is 2.80. The molecule has 1 atom stereocenters. The maximum atomic E-state index is 11.8. The summed E-state index contributed by atoms with van der Waals surface area (Å²) in [5.74, 6) is -0.414. The first-order chi connectivity index (χ1) is 7.56. The average Bonchev–Trinajstić information content (AvgIpc) is 2.22. The fraction of sp³-hybridized carbons (Fsp3) is 0.417. The van der Waals surface area contributed by atoms with E-state index >= 15 is 0 Å². The molecule has 84 valence electrons. The van der Waals surface area contributed by atoms with Gasteiger partial charge in [-0.05, 0) is 24.5 Å². The zero-order valence-corrected chi connectivity index (χ0v) is 9.69. The van der Waals surface area contributed by atoms with E-state index in [-0.39, 0.29) is 11.8 Å². The van der Waals surface area contributed by atoms with Crippen molar-refractivity contribution in [3.05, 3.63) is 23.9 Å². The Labute approximate surface area is 95.3 Å². The van der Waals surface area contributed by atoms with Gasteiger partial charge >= 0.3 is 0 Å². The van der Waals surface area contributed by atoms with Crippen molar-refractivity contribution in [2.45, 2.75) is 20.8 Å². The molecule has 0 spiro atoms. The second-order valence-electron chi connectivity index (χ2n) is 4.01. The molecular weight excluding hydrogens is 202 g/mol. The van der Waals surface area contributed by atoms with Crippen LogP contribution in [0.15, 0.2) is 18.3 Å². The lowest BCUT2D eigenvalue weighted by atomic mass is 9.97. The summed E-state index contributed by atoms with van der Waals surface area (Å²) in [6.07, 6.45) is 1.61. The molecule has 0 aromatic carbocycles. The first-order valence-electron chi connectivity index (χ1n) is 5.18. The van der Waals surface area contributed by atoms with Gasteiger partial charge in [0, 0.05) is 6.20 Å². The van der Waals surface area contributed by atoms with Crippen LogP contribution >= 0.6 is 0 Å². The number of aryl methyl sites for hydroxylation is 1. The summed E-state index contributed by atoms with van der Waals surface area (Å²) in [5, 5.41) is 11.6. The van der Waals surface area contributed by atoms with Gasteiger partial charge in [0.05, 0.1) is 6.07 Å². The molecule has 1 N–H and O–H groups in total. The molecule has 1 amide bonds. The maximum Gasteiger partial charge on any atom is 0.243 e. The minimum atomic E-state index is -0.638. The quantitative estimate of drug-likeness (QED) is 0.843. The predicted molar refractivity (Wildman–Crippen MR) is 61.5 cm³/mol. The number of amides is 1. The average molecular weight is 217 g/mol. The van der Waals surface area contributed by atoms with Crippen LogP contribution in [0.5, 0.6) is 0 Å². The van der Waals surface area contributed by atoms with E-state index in [1.54, 1.807) is 12.3 Å². The highest BCUT2D eigenvalue weighted by Gasteiger charge is 2.22. The molecule has 0 radical (unpaired) electrons. The van der Waals surface area contributed by atoms with Gasteiger partial charge in [-0.3, -0.25) is 4.79 Å². The third-order valence-corrected chi connectivity index (χ3v) is 2.34. The van der Waals surface area contributed by atoms with Crippen LogP contribution in [0.2, 0.25) is 0 Å². The van der Waals surface area contributed by atoms with Gasteiger partial charge in [0.1, 0.15) is 11.7 Å². The molecule has 0 fully saturated rings. The Balaban J connectivity index is 2.79. The Kier molecular flexibility index (Phi) is 4.01. The summed E-state index contributed by atoms with van der Waals surface area (Å²) in [4.78, 5) is 15.8. The van der Waals surface area contributed by atoms with Crippen molar-refractivity contribution in [1.29, 1.82) is 5.26 Å². The largest absolute Gasteiger partial charge is 0.309 e. The monoisotopic (exact) mass is 217 g/mol. The van der Waals surface area contributed by atoms with Crippen molar-refractivity contribution in [2.24, 2.45) is 11.8 Å². The van der Waals surface area contributed by atoms with Crippen molar-refractivity contribution >= 4 is 11.7 Å². The van der Waals surface area contributed by atoms with Crippen molar-refractivity contribution in [2.75, 3.05) is 5.32 Å². The van der Waals surface area contributed by atoms with Crippen molar-refractivity contribution in [1.82, 2.24) is 4.98 Å². The summed E-state index contributed by atoms with van der Waals surface area (Å²) in [5.41, 5.74) is 0.885. The maximum absolute atomic E-state index is 11.8. The van der Waals surface area contributed by atoms with Crippen LogP contribution in [0.25, 0.3) is 0 Å². The smallest absolute Gasteiger partial charge is 0.243 e. The zero-order chi connectivity index (χ0) is 12.1. The number of hydrogen-bond acceptors (Lipinski definition) is 3. The number of hydrogen-bond donors (Lipinski definition) is 1. The molecule has 16 heavy (non-hydrogen) atoms. The molecule has 0 aliphatic heterocycles. The number of anilines is 1. The molecule has 0 saturated carbocycles. The fourth-order valence-corrected chi connectivity index (χ4v) is 1.32. The topological polar surface area (TPSA) is 65.8 Å². The molecule has 1 unspecified atom stereocenters. The molecule has 1 aromatic rings. The van der Waals surface area contributed by atoms with E-state index in [9.17, 15) is 4.79 Å². The minimum Gasteiger partial charge on any atom is -0.309 e. The number of nitrogens with zero attached hydrogens (tertiary/aromatic N) is 2. The third-order valence-electron chi connectivity index (χ3n) is 2.34. The summed E-state index contributed by atoms with van der Waals surface area (Å²) in [7, 11) is 0. The Morgan fingerprint density at radius 2 is 2.25 bits per heavy atom. The zero-order valence-electron chi connectivity index (χ0n) is 9.69. The summed E-state index contributed by atoms with van der Waals surface area (Å²) in [6, 6.07) is 5.66. The van der Waals surface area contributed by atoms with E-state index in [4.69, 9.17) is 5.26 Å². The lowest BCUT2D eigenvalue weighted by molar-refractivity contribution is -0.119. The molecule has 0 aliphatic carbocycles. The van der Waals surface area contributed by atoms with E-state index < -0.39 is 5.92 Å². The van der Waals surface area contributed by atoms with Crippen LogP contribution in [0.1, 0.15) is 19.4 Å². The van der Waals surface area contributed by atoms with Gasteiger partial charge in [0.2, 0.25) is 5.91 Å². The van der Waals surface area contributed by atoms with Crippen LogP contribution in [0, 0.1) is 30.1 Å². The van der Waals surface area contributed by atoms with Crippen molar-refractivity contribution < 1.29 is 4.79 Å². The lowest BCUT2D eigenvalue weighted by Gasteiger charge is -2.13. The van der Waals surface area contributed by atoms with E-state index in [0.29, 0.717) is 5.82 Å². The lowest BCUT2D eigenvalue weighted by Crippen LogP contribution is -2.26. The highest BCUT2D eigenvalue weighted by atomic mass is 16.1. The van der Waals surface area contributed by atoms with E-state index in [2.05, 4.69) is 10.3 Å². The molecule has 4 heteroatoms. The fourth-order valence-electron chi connectivity index (χ4n) is 1.32. The van der Waals surface area contributed by atoms with Crippen LogP contribution in [0.4, 0.5) is 5.82 Å². The molecule has 1 aromatic heterocycles. The summed E-state index contributed by atoms with van der Waals surface area (Å²) in [6.45, 7) is 5.55. The van der Waals surface area contributed by atoms with Gasteiger partial charge in [-0.15, -0.1) is 0 Å². The normalized spacial score (nSPS) is 11.9. The number of nitrogens with one attached hydrogen (secondary N) is 1. The van der Waals surface area contributed by atoms with Gasteiger partial charge in [-0.25, -0.2) is 4.98 Å². The van der Waals surface area contributed by atoms with E-state index in [0.717, 1.165) is 5.56 Å². The highest BCUT2D eigenvalue weighted by Crippen LogP contribution is 2.14. The SMILES string of the molecule is Cc1cccnc1NC(=O)C(C#N)C(C)C.